The first-order chi connectivity index (χ1) is 22.4. The predicted octanol–water partition coefficient (Wildman–Crippen LogP) is 6.25. The Morgan fingerprint density at radius 3 is 2.28 bits per heavy atom. The number of hydrogen-bond donors (Lipinski definition) is 2. The Kier molecular flexibility index (Phi) is 10.7. The molecule has 1 fully saturated rings. The minimum atomic E-state index is -0.347. The number of halogens is 1. The molecule has 1 aliphatic heterocycles. The average molecular weight is 623 g/mol. The first kappa shape index (κ1) is 32.2. The van der Waals surface area contributed by atoms with Crippen molar-refractivity contribution in [3.8, 4) is 5.75 Å². The smallest absolute Gasteiger partial charge is 0.255 e. The van der Waals surface area contributed by atoms with Crippen LogP contribution in [0.25, 0.3) is 0 Å². The molecule has 4 aromatic carbocycles. The number of ether oxygens (including phenoxy) is 1. The monoisotopic (exact) mass is 622 g/mol. The van der Waals surface area contributed by atoms with E-state index in [4.69, 9.17) is 4.74 Å². The van der Waals surface area contributed by atoms with Crippen LogP contribution in [-0.4, -0.2) is 55.9 Å². The van der Waals surface area contributed by atoms with E-state index >= 15 is 0 Å². The summed E-state index contributed by atoms with van der Waals surface area (Å²) >= 11 is 0. The molecular formula is C37H39FN4O4. The van der Waals surface area contributed by atoms with Crippen molar-refractivity contribution >= 4 is 29.1 Å². The summed E-state index contributed by atoms with van der Waals surface area (Å²) in [6.45, 7) is 4.59. The zero-order valence-electron chi connectivity index (χ0n) is 26.2. The number of amides is 3. The van der Waals surface area contributed by atoms with Crippen molar-refractivity contribution in [1.29, 1.82) is 0 Å². The molecule has 0 saturated carbocycles. The Morgan fingerprint density at radius 2 is 1.59 bits per heavy atom. The fourth-order valence-corrected chi connectivity index (χ4v) is 5.73. The highest BCUT2D eigenvalue weighted by atomic mass is 19.1. The van der Waals surface area contributed by atoms with Gasteiger partial charge in [-0.25, -0.2) is 4.39 Å². The molecule has 0 unspecified atom stereocenters. The topological polar surface area (TPSA) is 91.0 Å². The van der Waals surface area contributed by atoms with E-state index in [2.05, 4.69) is 15.5 Å². The molecular weight excluding hydrogens is 583 g/mol. The molecule has 1 heterocycles. The quantitative estimate of drug-likeness (QED) is 0.218. The number of nitrogens with one attached hydrogen (secondary N) is 2. The molecule has 5 rings (SSSR count). The van der Waals surface area contributed by atoms with E-state index in [1.54, 1.807) is 55.6 Å². The van der Waals surface area contributed by atoms with E-state index in [0.717, 1.165) is 17.5 Å². The summed E-state index contributed by atoms with van der Waals surface area (Å²) in [5.74, 6) is -0.434. The van der Waals surface area contributed by atoms with Crippen LogP contribution in [-0.2, 0) is 11.3 Å². The van der Waals surface area contributed by atoms with Gasteiger partial charge in [-0.05, 0) is 78.6 Å². The summed E-state index contributed by atoms with van der Waals surface area (Å²) in [6, 6.07) is 27.9. The molecule has 3 amide bonds. The number of hydrogen-bond acceptors (Lipinski definition) is 5. The fourth-order valence-electron chi connectivity index (χ4n) is 5.73. The van der Waals surface area contributed by atoms with Gasteiger partial charge in [0.15, 0.2) is 0 Å². The Bertz CT molecular complexity index is 1640. The molecule has 46 heavy (non-hydrogen) atoms. The standard InChI is InChI=1S/C37H39FN4O4/c1-3-32(27-8-5-4-6-9-27)37(45)42-21-7-20-41(22-23-42)34-19-16-30(40-35(43)28-12-17-31(46-2)18-13-28)24-33(34)36(44)39-25-26-10-14-29(38)15-11-26/h4-6,8-19,24,32H,3,7,20-23,25H2,1-2H3,(H,39,44)(H,40,43)/t32-/m0/s1. The maximum atomic E-state index is 13.7. The van der Waals surface area contributed by atoms with Gasteiger partial charge in [0.2, 0.25) is 5.91 Å². The first-order valence-electron chi connectivity index (χ1n) is 15.6. The van der Waals surface area contributed by atoms with Crippen molar-refractivity contribution in [1.82, 2.24) is 10.2 Å². The molecule has 0 bridgehead atoms. The van der Waals surface area contributed by atoms with Crippen LogP contribution in [0.4, 0.5) is 15.8 Å². The lowest BCUT2D eigenvalue weighted by molar-refractivity contribution is -0.132. The lowest BCUT2D eigenvalue weighted by Gasteiger charge is -2.28. The number of carbonyl (C=O) groups excluding carboxylic acids is 3. The second-order valence-electron chi connectivity index (χ2n) is 11.3. The summed E-state index contributed by atoms with van der Waals surface area (Å²) in [4.78, 5) is 44.4. The molecule has 238 valence electrons. The number of rotatable bonds is 10. The molecule has 0 aliphatic carbocycles. The van der Waals surface area contributed by atoms with E-state index in [0.29, 0.717) is 60.9 Å². The summed E-state index contributed by atoms with van der Waals surface area (Å²) in [5, 5.41) is 5.84. The Balaban J connectivity index is 1.35. The SMILES string of the molecule is CC[C@H](C(=O)N1CCCN(c2ccc(NC(=O)c3ccc(OC)cc3)cc2C(=O)NCc2ccc(F)cc2)CC1)c1ccccc1. The van der Waals surface area contributed by atoms with Gasteiger partial charge < -0.3 is 25.2 Å². The molecule has 2 N–H and O–H groups in total. The summed E-state index contributed by atoms with van der Waals surface area (Å²) < 4.78 is 18.6. The zero-order valence-corrected chi connectivity index (χ0v) is 26.2. The molecule has 1 saturated heterocycles. The average Bonchev–Trinajstić information content (AvgIpc) is 3.35. The molecule has 8 nitrogen and oxygen atoms in total. The van der Waals surface area contributed by atoms with E-state index in [-0.39, 0.29) is 36.0 Å². The molecule has 9 heteroatoms. The third kappa shape index (κ3) is 7.90. The number of nitrogens with zero attached hydrogens (tertiary/aromatic N) is 2. The van der Waals surface area contributed by atoms with Crippen LogP contribution in [0.1, 0.15) is 57.5 Å². The molecule has 4 aromatic rings. The van der Waals surface area contributed by atoms with E-state index < -0.39 is 0 Å². The fraction of sp³-hybridized carbons (Fsp3) is 0.270. The summed E-state index contributed by atoms with van der Waals surface area (Å²) in [6.07, 6.45) is 1.45. The van der Waals surface area contributed by atoms with Crippen molar-refractivity contribution in [2.75, 3.05) is 43.5 Å². The maximum Gasteiger partial charge on any atom is 0.255 e. The van der Waals surface area contributed by atoms with Gasteiger partial charge in [0.05, 0.1) is 18.6 Å². The first-order valence-corrected chi connectivity index (χ1v) is 15.6. The van der Waals surface area contributed by atoms with Gasteiger partial charge in [-0.1, -0.05) is 49.4 Å². The van der Waals surface area contributed by atoms with Crippen LogP contribution >= 0.6 is 0 Å². The lowest BCUT2D eigenvalue weighted by Crippen LogP contribution is -2.38. The largest absolute Gasteiger partial charge is 0.497 e. The van der Waals surface area contributed by atoms with Crippen molar-refractivity contribution in [3.05, 3.63) is 125 Å². The lowest BCUT2D eigenvalue weighted by atomic mass is 9.95. The van der Waals surface area contributed by atoms with E-state index in [1.807, 2.05) is 48.2 Å². The Labute approximate surface area is 269 Å². The molecule has 0 spiro atoms. The molecule has 0 aromatic heterocycles. The third-order valence-electron chi connectivity index (χ3n) is 8.27. The van der Waals surface area contributed by atoms with Crippen LogP contribution in [0.3, 0.4) is 0 Å². The van der Waals surface area contributed by atoms with Gasteiger partial charge in [-0.15, -0.1) is 0 Å². The minimum absolute atomic E-state index is 0.115. The van der Waals surface area contributed by atoms with Gasteiger partial charge in [0, 0.05) is 49.7 Å². The molecule has 1 atom stereocenters. The number of methoxy groups -OCH3 is 1. The van der Waals surface area contributed by atoms with Crippen LogP contribution in [0.5, 0.6) is 5.75 Å². The van der Waals surface area contributed by atoms with E-state index in [9.17, 15) is 18.8 Å². The van der Waals surface area contributed by atoms with Gasteiger partial charge >= 0.3 is 0 Å². The Hall–Kier alpha value is -5.18. The highest BCUT2D eigenvalue weighted by molar-refractivity contribution is 6.06. The third-order valence-corrected chi connectivity index (χ3v) is 8.27. The second-order valence-corrected chi connectivity index (χ2v) is 11.3. The van der Waals surface area contributed by atoms with Crippen LogP contribution in [0.15, 0.2) is 97.1 Å². The predicted molar refractivity (Wildman–Crippen MR) is 178 cm³/mol. The number of carbonyl (C=O) groups is 3. The number of benzene rings is 4. The molecule has 1 aliphatic rings. The summed E-state index contributed by atoms with van der Waals surface area (Å²) in [5.41, 5.74) is 3.80. The van der Waals surface area contributed by atoms with Crippen molar-refractivity contribution in [2.24, 2.45) is 0 Å². The Morgan fingerprint density at radius 1 is 0.848 bits per heavy atom. The van der Waals surface area contributed by atoms with Crippen LogP contribution in [0, 0.1) is 5.82 Å². The maximum absolute atomic E-state index is 13.7. The van der Waals surface area contributed by atoms with Crippen LogP contribution in [0.2, 0.25) is 0 Å². The summed E-state index contributed by atoms with van der Waals surface area (Å²) in [7, 11) is 1.56. The van der Waals surface area contributed by atoms with Crippen molar-refractivity contribution < 1.29 is 23.5 Å². The highest BCUT2D eigenvalue weighted by Crippen LogP contribution is 2.28. The van der Waals surface area contributed by atoms with Gasteiger partial charge in [0.25, 0.3) is 11.8 Å². The van der Waals surface area contributed by atoms with Crippen LogP contribution < -0.4 is 20.3 Å². The normalized spacial score (nSPS) is 13.8. The zero-order chi connectivity index (χ0) is 32.5. The molecule has 0 radical (unpaired) electrons. The van der Waals surface area contributed by atoms with Gasteiger partial charge in [-0.2, -0.15) is 0 Å². The second kappa shape index (κ2) is 15.2. The van der Waals surface area contributed by atoms with E-state index in [1.165, 1.54) is 12.1 Å². The number of anilines is 2. The van der Waals surface area contributed by atoms with Crippen molar-refractivity contribution in [3.63, 3.8) is 0 Å². The van der Waals surface area contributed by atoms with Gasteiger partial charge in [0.1, 0.15) is 11.6 Å². The van der Waals surface area contributed by atoms with Gasteiger partial charge in [-0.3, -0.25) is 14.4 Å². The highest BCUT2D eigenvalue weighted by Gasteiger charge is 2.27. The minimum Gasteiger partial charge on any atom is -0.497 e. The van der Waals surface area contributed by atoms with Crippen molar-refractivity contribution in [2.45, 2.75) is 32.2 Å².